The van der Waals surface area contributed by atoms with Gasteiger partial charge < -0.3 is 10.6 Å². The number of hydrogen-bond acceptors (Lipinski definition) is 3. The molecule has 1 aliphatic carbocycles. The van der Waals surface area contributed by atoms with Gasteiger partial charge in [0.05, 0.1) is 0 Å². The lowest BCUT2D eigenvalue weighted by molar-refractivity contribution is -0.131. The molecular weight excluding hydrogens is 306 g/mol. The Morgan fingerprint density at radius 3 is 2.67 bits per heavy atom. The Kier molecular flexibility index (Phi) is 4.55. The first kappa shape index (κ1) is 16.5. The Hall–Kier alpha value is -2.37. The molecule has 2 aliphatic rings. The van der Waals surface area contributed by atoms with E-state index in [1.807, 2.05) is 31.2 Å². The molecule has 6 nitrogen and oxygen atoms in total. The third-order valence-corrected chi connectivity index (χ3v) is 5.00. The van der Waals surface area contributed by atoms with E-state index in [2.05, 4.69) is 10.6 Å². The van der Waals surface area contributed by atoms with E-state index in [1.165, 1.54) is 4.90 Å². The summed E-state index contributed by atoms with van der Waals surface area (Å²) in [5.74, 6) is -0.331. The van der Waals surface area contributed by atoms with Crippen LogP contribution < -0.4 is 10.6 Å². The van der Waals surface area contributed by atoms with E-state index in [0.29, 0.717) is 19.4 Å². The molecule has 3 rings (SSSR count). The van der Waals surface area contributed by atoms with Crippen molar-refractivity contribution in [1.29, 1.82) is 0 Å². The Morgan fingerprint density at radius 2 is 1.96 bits per heavy atom. The fourth-order valence-corrected chi connectivity index (χ4v) is 3.50. The Labute approximate surface area is 141 Å². The molecule has 1 saturated carbocycles. The minimum absolute atomic E-state index is 0.126. The van der Waals surface area contributed by atoms with Crippen molar-refractivity contribution in [2.24, 2.45) is 0 Å². The Morgan fingerprint density at radius 1 is 1.25 bits per heavy atom. The van der Waals surface area contributed by atoms with Crippen molar-refractivity contribution in [3.8, 4) is 0 Å². The highest BCUT2D eigenvalue weighted by Gasteiger charge is 2.52. The maximum Gasteiger partial charge on any atom is 0.325 e. The van der Waals surface area contributed by atoms with Gasteiger partial charge in [-0.05, 0) is 30.9 Å². The van der Waals surface area contributed by atoms with E-state index in [-0.39, 0.29) is 30.8 Å². The van der Waals surface area contributed by atoms with E-state index < -0.39 is 5.54 Å². The second-order valence-corrected chi connectivity index (χ2v) is 6.63. The van der Waals surface area contributed by atoms with Gasteiger partial charge in [-0.2, -0.15) is 0 Å². The second kappa shape index (κ2) is 6.63. The van der Waals surface area contributed by atoms with Crippen LogP contribution in [0.15, 0.2) is 24.3 Å². The first-order valence-corrected chi connectivity index (χ1v) is 8.47. The first-order valence-electron chi connectivity index (χ1n) is 8.47. The van der Waals surface area contributed by atoms with Crippen molar-refractivity contribution >= 4 is 17.8 Å². The zero-order chi connectivity index (χ0) is 17.2. The number of benzene rings is 1. The van der Waals surface area contributed by atoms with Crippen LogP contribution >= 0.6 is 0 Å². The minimum Gasteiger partial charge on any atom is -0.352 e. The minimum atomic E-state index is -0.700. The van der Waals surface area contributed by atoms with Crippen LogP contribution in [0.5, 0.6) is 0 Å². The summed E-state index contributed by atoms with van der Waals surface area (Å²) in [6.07, 6.45) is 3.44. The quantitative estimate of drug-likeness (QED) is 0.810. The molecule has 0 radical (unpaired) electrons. The van der Waals surface area contributed by atoms with E-state index in [4.69, 9.17) is 0 Å². The monoisotopic (exact) mass is 329 g/mol. The molecule has 6 heteroatoms. The summed E-state index contributed by atoms with van der Waals surface area (Å²) in [5, 5.41) is 5.67. The lowest BCUT2D eigenvalue weighted by atomic mass is 9.98. The molecule has 2 N–H and O–H groups in total. The lowest BCUT2D eigenvalue weighted by Gasteiger charge is -2.19. The van der Waals surface area contributed by atoms with E-state index in [1.54, 1.807) is 0 Å². The van der Waals surface area contributed by atoms with Crippen LogP contribution in [-0.2, 0) is 16.1 Å². The number of urea groups is 1. The van der Waals surface area contributed by atoms with Gasteiger partial charge in [-0.1, -0.05) is 37.1 Å². The maximum atomic E-state index is 12.5. The normalized spacial score (nSPS) is 19.0. The van der Waals surface area contributed by atoms with Crippen molar-refractivity contribution in [2.45, 2.75) is 51.1 Å². The fourth-order valence-electron chi connectivity index (χ4n) is 3.50. The zero-order valence-electron chi connectivity index (χ0n) is 13.9. The van der Waals surface area contributed by atoms with Crippen molar-refractivity contribution < 1.29 is 14.4 Å². The van der Waals surface area contributed by atoms with Gasteiger partial charge in [0, 0.05) is 19.5 Å². The van der Waals surface area contributed by atoms with Gasteiger partial charge in [0.2, 0.25) is 5.91 Å². The van der Waals surface area contributed by atoms with Gasteiger partial charge in [0.15, 0.2) is 0 Å². The molecule has 0 bridgehead atoms. The van der Waals surface area contributed by atoms with Gasteiger partial charge in [-0.25, -0.2) is 4.79 Å². The molecule has 2 fully saturated rings. The molecule has 1 aliphatic heterocycles. The number of carbonyl (C=O) groups excluding carboxylic acids is 3. The molecule has 128 valence electrons. The Balaban J connectivity index is 1.50. The number of carbonyl (C=O) groups is 3. The molecule has 1 spiro atoms. The summed E-state index contributed by atoms with van der Waals surface area (Å²) in [5.41, 5.74) is 1.48. The third kappa shape index (κ3) is 3.13. The van der Waals surface area contributed by atoms with E-state index >= 15 is 0 Å². The fraction of sp³-hybridized carbons (Fsp3) is 0.500. The molecule has 1 saturated heterocycles. The van der Waals surface area contributed by atoms with Gasteiger partial charge in [-0.15, -0.1) is 0 Å². The smallest absolute Gasteiger partial charge is 0.325 e. The summed E-state index contributed by atoms with van der Waals surface area (Å²) in [7, 11) is 0. The summed E-state index contributed by atoms with van der Waals surface area (Å²) < 4.78 is 0. The molecule has 24 heavy (non-hydrogen) atoms. The van der Waals surface area contributed by atoms with Gasteiger partial charge in [-0.3, -0.25) is 14.5 Å². The number of hydrogen-bond donors (Lipinski definition) is 2. The number of imide groups is 1. The van der Waals surface area contributed by atoms with Crippen molar-refractivity contribution in [3.05, 3.63) is 35.4 Å². The standard InChI is InChI=1S/C18H23N3O3/c1-13-6-2-3-7-14(13)12-19-15(22)8-11-21-16(23)18(20-17(21)24)9-4-5-10-18/h2-3,6-7H,4-5,8-12H2,1H3,(H,19,22)(H,20,24). The van der Waals surface area contributed by atoms with Crippen LogP contribution in [0.25, 0.3) is 0 Å². The molecule has 0 aromatic heterocycles. The highest BCUT2D eigenvalue weighted by Crippen LogP contribution is 2.34. The Bertz CT molecular complexity index is 665. The SMILES string of the molecule is Cc1ccccc1CNC(=O)CCN1C(=O)NC2(CCCC2)C1=O. The number of amides is 4. The highest BCUT2D eigenvalue weighted by molar-refractivity contribution is 6.07. The van der Waals surface area contributed by atoms with Gasteiger partial charge in [0.25, 0.3) is 5.91 Å². The molecule has 4 amide bonds. The van der Waals surface area contributed by atoms with E-state index in [0.717, 1.165) is 24.0 Å². The molecule has 0 atom stereocenters. The number of rotatable bonds is 5. The predicted molar refractivity (Wildman–Crippen MR) is 89.1 cm³/mol. The number of nitrogens with zero attached hydrogens (tertiary/aromatic N) is 1. The summed E-state index contributed by atoms with van der Waals surface area (Å²) in [6, 6.07) is 7.49. The van der Waals surface area contributed by atoms with Crippen LogP contribution in [0.3, 0.4) is 0 Å². The van der Waals surface area contributed by atoms with Crippen LogP contribution in [0.2, 0.25) is 0 Å². The van der Waals surface area contributed by atoms with Crippen LogP contribution in [0, 0.1) is 6.92 Å². The largest absolute Gasteiger partial charge is 0.352 e. The van der Waals surface area contributed by atoms with Gasteiger partial charge in [0.1, 0.15) is 5.54 Å². The average molecular weight is 329 g/mol. The first-order chi connectivity index (χ1) is 11.5. The lowest BCUT2D eigenvalue weighted by Crippen LogP contribution is -2.44. The van der Waals surface area contributed by atoms with Crippen LogP contribution in [0.4, 0.5) is 4.79 Å². The second-order valence-electron chi connectivity index (χ2n) is 6.63. The molecule has 0 unspecified atom stereocenters. The number of aryl methyl sites for hydroxylation is 1. The molecule has 1 aromatic carbocycles. The molecule has 1 heterocycles. The average Bonchev–Trinajstić information content (AvgIpc) is 3.11. The maximum absolute atomic E-state index is 12.5. The summed E-state index contributed by atoms with van der Waals surface area (Å²) in [4.78, 5) is 37.8. The topological polar surface area (TPSA) is 78.5 Å². The predicted octanol–water partition coefficient (Wildman–Crippen LogP) is 1.87. The third-order valence-electron chi connectivity index (χ3n) is 5.00. The van der Waals surface area contributed by atoms with Crippen LogP contribution in [-0.4, -0.2) is 34.8 Å². The van der Waals surface area contributed by atoms with Gasteiger partial charge >= 0.3 is 6.03 Å². The zero-order valence-corrected chi connectivity index (χ0v) is 13.9. The summed E-state index contributed by atoms with van der Waals surface area (Å²) in [6.45, 7) is 2.58. The van der Waals surface area contributed by atoms with Crippen molar-refractivity contribution in [2.75, 3.05) is 6.54 Å². The van der Waals surface area contributed by atoms with Crippen molar-refractivity contribution in [1.82, 2.24) is 15.5 Å². The van der Waals surface area contributed by atoms with E-state index in [9.17, 15) is 14.4 Å². The highest BCUT2D eigenvalue weighted by atomic mass is 16.2. The van der Waals surface area contributed by atoms with Crippen molar-refractivity contribution in [3.63, 3.8) is 0 Å². The number of nitrogens with one attached hydrogen (secondary N) is 2. The molecular formula is C18H23N3O3. The summed E-state index contributed by atoms with van der Waals surface area (Å²) >= 11 is 0. The molecule has 1 aromatic rings. The van der Waals surface area contributed by atoms with Crippen LogP contribution in [0.1, 0.15) is 43.2 Å².